The molecule has 2 N–H and O–H groups in total. The number of carbonyl (C=O) groups excluding carboxylic acids is 2. The zero-order valence-corrected chi connectivity index (χ0v) is 16.0. The van der Waals surface area contributed by atoms with Gasteiger partial charge in [0.25, 0.3) is 17.5 Å². The second-order valence-corrected chi connectivity index (χ2v) is 6.73. The number of nitro benzene ring substituents is 1. The van der Waals surface area contributed by atoms with Gasteiger partial charge >= 0.3 is 0 Å². The maximum atomic E-state index is 12.4. The van der Waals surface area contributed by atoms with Crippen molar-refractivity contribution in [2.75, 3.05) is 0 Å². The first-order chi connectivity index (χ1) is 13.3. The Hall–Kier alpha value is -3.26. The van der Waals surface area contributed by atoms with E-state index in [0.717, 1.165) is 0 Å². The fraction of sp³-hybridized carbons (Fsp3) is 0.211. The van der Waals surface area contributed by atoms with Crippen LogP contribution in [0.15, 0.2) is 53.6 Å². The Morgan fingerprint density at radius 1 is 1.18 bits per heavy atom. The molecule has 2 aromatic rings. The van der Waals surface area contributed by atoms with E-state index in [1.54, 1.807) is 38.1 Å². The van der Waals surface area contributed by atoms with Gasteiger partial charge in [-0.05, 0) is 24.1 Å². The van der Waals surface area contributed by atoms with Gasteiger partial charge in [0, 0.05) is 28.3 Å². The van der Waals surface area contributed by atoms with Crippen molar-refractivity contribution in [3.8, 4) is 0 Å². The van der Waals surface area contributed by atoms with Crippen molar-refractivity contribution in [2.45, 2.75) is 19.9 Å². The Labute approximate surface area is 166 Å². The monoisotopic (exact) mass is 402 g/mol. The predicted octanol–water partition coefficient (Wildman–Crippen LogP) is 3.15. The van der Waals surface area contributed by atoms with Crippen molar-refractivity contribution < 1.29 is 14.5 Å². The van der Waals surface area contributed by atoms with E-state index in [4.69, 9.17) is 11.6 Å². The van der Waals surface area contributed by atoms with E-state index >= 15 is 0 Å². The summed E-state index contributed by atoms with van der Waals surface area (Å²) in [5, 5.41) is 17.7. The van der Waals surface area contributed by atoms with E-state index in [2.05, 4.69) is 15.8 Å². The maximum absolute atomic E-state index is 12.4. The second-order valence-electron chi connectivity index (χ2n) is 6.29. The van der Waals surface area contributed by atoms with Crippen LogP contribution in [0.2, 0.25) is 5.02 Å². The summed E-state index contributed by atoms with van der Waals surface area (Å²) >= 11 is 5.89. The van der Waals surface area contributed by atoms with Crippen molar-refractivity contribution in [2.24, 2.45) is 11.0 Å². The molecule has 0 aromatic heterocycles. The molecule has 0 aliphatic rings. The molecule has 0 spiro atoms. The zero-order valence-electron chi connectivity index (χ0n) is 15.3. The highest BCUT2D eigenvalue weighted by Crippen LogP contribution is 2.12. The van der Waals surface area contributed by atoms with Crippen molar-refractivity contribution in [3.05, 3.63) is 74.8 Å². The molecule has 2 rings (SSSR count). The predicted molar refractivity (Wildman–Crippen MR) is 106 cm³/mol. The Morgan fingerprint density at radius 2 is 1.89 bits per heavy atom. The molecule has 0 heterocycles. The summed E-state index contributed by atoms with van der Waals surface area (Å²) in [5.41, 5.74) is 3.07. The summed E-state index contributed by atoms with van der Waals surface area (Å²) in [6.45, 7) is 3.57. The fourth-order valence-electron chi connectivity index (χ4n) is 2.35. The van der Waals surface area contributed by atoms with E-state index in [-0.39, 0.29) is 11.6 Å². The van der Waals surface area contributed by atoms with E-state index in [1.165, 1.54) is 30.5 Å². The summed E-state index contributed by atoms with van der Waals surface area (Å²) < 4.78 is 0. The molecule has 1 atom stereocenters. The van der Waals surface area contributed by atoms with Crippen LogP contribution in [0.1, 0.15) is 29.8 Å². The Morgan fingerprint density at radius 3 is 2.54 bits per heavy atom. The van der Waals surface area contributed by atoms with Crippen LogP contribution >= 0.6 is 11.6 Å². The normalized spacial score (nSPS) is 12.0. The van der Waals surface area contributed by atoms with Crippen molar-refractivity contribution in [1.29, 1.82) is 0 Å². The SMILES string of the molecule is CC(C)C(NC(=O)c1cccc(Cl)c1)C(=O)NN=Cc1cccc([N+](=O)[O-])c1. The smallest absolute Gasteiger partial charge is 0.270 e. The molecule has 8 nitrogen and oxygen atoms in total. The van der Waals surface area contributed by atoms with Gasteiger partial charge in [-0.25, -0.2) is 5.43 Å². The first kappa shape index (κ1) is 21.0. The second kappa shape index (κ2) is 9.61. The van der Waals surface area contributed by atoms with Gasteiger partial charge < -0.3 is 5.32 Å². The minimum atomic E-state index is -0.825. The summed E-state index contributed by atoms with van der Waals surface area (Å²) in [6, 6.07) is 11.4. The molecule has 2 amide bonds. The highest BCUT2D eigenvalue weighted by atomic mass is 35.5. The van der Waals surface area contributed by atoms with Gasteiger partial charge in [-0.3, -0.25) is 19.7 Å². The van der Waals surface area contributed by atoms with Gasteiger partial charge in [0.15, 0.2) is 0 Å². The van der Waals surface area contributed by atoms with Crippen LogP contribution < -0.4 is 10.7 Å². The third kappa shape index (κ3) is 5.88. The minimum absolute atomic E-state index is 0.0795. The number of nitro groups is 1. The lowest BCUT2D eigenvalue weighted by Gasteiger charge is -2.20. The van der Waals surface area contributed by atoms with Crippen LogP contribution in [0.3, 0.4) is 0 Å². The average molecular weight is 403 g/mol. The lowest BCUT2D eigenvalue weighted by Crippen LogP contribution is -2.48. The molecule has 0 saturated carbocycles. The van der Waals surface area contributed by atoms with Crippen molar-refractivity contribution >= 4 is 35.3 Å². The van der Waals surface area contributed by atoms with E-state index in [0.29, 0.717) is 16.1 Å². The highest BCUT2D eigenvalue weighted by molar-refractivity contribution is 6.31. The molecule has 2 aromatic carbocycles. The molecule has 0 bridgehead atoms. The third-order valence-corrected chi connectivity index (χ3v) is 4.03. The van der Waals surface area contributed by atoms with Gasteiger partial charge in [0.1, 0.15) is 6.04 Å². The van der Waals surface area contributed by atoms with Crippen molar-refractivity contribution in [1.82, 2.24) is 10.7 Å². The number of non-ortho nitro benzene ring substituents is 1. The number of nitrogens with one attached hydrogen (secondary N) is 2. The first-order valence-corrected chi connectivity index (χ1v) is 8.79. The van der Waals surface area contributed by atoms with E-state index in [1.807, 2.05) is 0 Å². The molecule has 28 heavy (non-hydrogen) atoms. The molecular formula is C19H19ClN4O4. The van der Waals surface area contributed by atoms with Crippen LogP contribution in [0.5, 0.6) is 0 Å². The summed E-state index contributed by atoms with van der Waals surface area (Å²) in [6.07, 6.45) is 1.29. The van der Waals surface area contributed by atoms with Crippen LogP contribution in [0, 0.1) is 16.0 Å². The average Bonchev–Trinajstić information content (AvgIpc) is 2.65. The molecule has 0 aliphatic carbocycles. The van der Waals surface area contributed by atoms with Crippen LogP contribution in [0.4, 0.5) is 5.69 Å². The largest absolute Gasteiger partial charge is 0.340 e. The third-order valence-electron chi connectivity index (χ3n) is 3.79. The Balaban J connectivity index is 2.03. The molecule has 0 radical (unpaired) electrons. The topological polar surface area (TPSA) is 114 Å². The molecular weight excluding hydrogens is 384 g/mol. The number of nitrogens with zero attached hydrogens (tertiary/aromatic N) is 2. The Kier molecular flexibility index (Phi) is 7.22. The number of amides is 2. The van der Waals surface area contributed by atoms with Crippen LogP contribution in [-0.4, -0.2) is 29.0 Å². The molecule has 0 aliphatic heterocycles. The maximum Gasteiger partial charge on any atom is 0.270 e. The molecule has 9 heteroatoms. The first-order valence-electron chi connectivity index (χ1n) is 8.41. The van der Waals surface area contributed by atoms with Gasteiger partial charge in [-0.1, -0.05) is 43.6 Å². The fourth-order valence-corrected chi connectivity index (χ4v) is 2.54. The van der Waals surface area contributed by atoms with Crippen LogP contribution in [-0.2, 0) is 4.79 Å². The highest BCUT2D eigenvalue weighted by Gasteiger charge is 2.24. The van der Waals surface area contributed by atoms with Crippen LogP contribution in [0.25, 0.3) is 0 Å². The van der Waals surface area contributed by atoms with Gasteiger partial charge in [0.2, 0.25) is 0 Å². The number of halogens is 1. The number of rotatable bonds is 7. The standard InChI is InChI=1S/C19H19ClN4O4/c1-12(2)17(22-18(25)14-6-4-7-15(20)10-14)19(26)23-21-11-13-5-3-8-16(9-13)24(27)28/h3-12,17H,1-2H3,(H,22,25)(H,23,26). The molecule has 0 fully saturated rings. The van der Waals surface area contributed by atoms with E-state index in [9.17, 15) is 19.7 Å². The summed E-state index contributed by atoms with van der Waals surface area (Å²) in [4.78, 5) is 35.0. The lowest BCUT2D eigenvalue weighted by atomic mass is 10.0. The number of hydrazone groups is 1. The number of hydrogen-bond acceptors (Lipinski definition) is 5. The van der Waals surface area contributed by atoms with E-state index < -0.39 is 22.8 Å². The quantitative estimate of drug-likeness (QED) is 0.420. The zero-order chi connectivity index (χ0) is 20.7. The number of hydrogen-bond donors (Lipinski definition) is 2. The molecule has 1 unspecified atom stereocenters. The van der Waals surface area contributed by atoms with Crippen molar-refractivity contribution in [3.63, 3.8) is 0 Å². The van der Waals surface area contributed by atoms with Gasteiger partial charge in [-0.15, -0.1) is 0 Å². The molecule has 0 saturated heterocycles. The molecule has 146 valence electrons. The summed E-state index contributed by atoms with van der Waals surface area (Å²) in [5.74, 6) is -1.14. The Bertz CT molecular complexity index is 914. The summed E-state index contributed by atoms with van der Waals surface area (Å²) in [7, 11) is 0. The van der Waals surface area contributed by atoms with Gasteiger partial charge in [0.05, 0.1) is 11.1 Å². The minimum Gasteiger partial charge on any atom is -0.340 e. The van der Waals surface area contributed by atoms with Gasteiger partial charge in [-0.2, -0.15) is 5.10 Å². The number of carbonyl (C=O) groups is 2. The number of benzene rings is 2. The lowest BCUT2D eigenvalue weighted by molar-refractivity contribution is -0.384.